The number of anilines is 1. The lowest BCUT2D eigenvalue weighted by Crippen LogP contribution is -2.28. The first kappa shape index (κ1) is 16.3. The summed E-state index contributed by atoms with van der Waals surface area (Å²) < 4.78 is 15.7. The Morgan fingerprint density at radius 3 is 2.65 bits per heavy atom. The molecule has 0 aliphatic heterocycles. The summed E-state index contributed by atoms with van der Waals surface area (Å²) in [6.45, 7) is 2.75. The van der Waals surface area contributed by atoms with Gasteiger partial charge in [-0.2, -0.15) is 0 Å². The lowest BCUT2D eigenvalue weighted by molar-refractivity contribution is -0.118. The highest BCUT2D eigenvalue weighted by Gasteiger charge is 2.12. The molecule has 1 unspecified atom stereocenters. The predicted octanol–water partition coefficient (Wildman–Crippen LogP) is 1.40. The molecule has 1 aromatic carbocycles. The van der Waals surface area contributed by atoms with Crippen LogP contribution >= 0.6 is 0 Å². The first-order chi connectivity index (χ1) is 9.64. The molecule has 6 nitrogen and oxygen atoms in total. The van der Waals surface area contributed by atoms with Crippen molar-refractivity contribution in [1.82, 2.24) is 0 Å². The van der Waals surface area contributed by atoms with Gasteiger partial charge in [0, 0.05) is 25.4 Å². The molecule has 0 aliphatic rings. The average Bonchev–Trinajstić information content (AvgIpc) is 2.46. The molecule has 112 valence electrons. The topological polar surface area (TPSA) is 82.8 Å². The second-order valence-corrected chi connectivity index (χ2v) is 4.14. The van der Waals surface area contributed by atoms with Crippen molar-refractivity contribution in [2.75, 3.05) is 32.7 Å². The smallest absolute Gasteiger partial charge is 0.227 e. The molecule has 0 spiro atoms. The molecule has 0 heterocycles. The molecule has 0 aromatic heterocycles. The van der Waals surface area contributed by atoms with Crippen LogP contribution in [0, 0.1) is 0 Å². The summed E-state index contributed by atoms with van der Waals surface area (Å²) in [5, 5.41) is 2.78. The van der Waals surface area contributed by atoms with Gasteiger partial charge in [0.15, 0.2) is 11.5 Å². The average molecular weight is 282 g/mol. The van der Waals surface area contributed by atoms with Gasteiger partial charge >= 0.3 is 0 Å². The number of benzene rings is 1. The van der Waals surface area contributed by atoms with Crippen LogP contribution in [0.15, 0.2) is 18.2 Å². The molecular weight excluding hydrogens is 260 g/mol. The number of hydrogen-bond donors (Lipinski definition) is 2. The fourth-order valence-corrected chi connectivity index (χ4v) is 1.70. The minimum Gasteiger partial charge on any atom is -0.493 e. The Hall–Kier alpha value is -1.79. The Bertz CT molecular complexity index is 433. The Morgan fingerprint density at radius 2 is 2.10 bits per heavy atom. The zero-order chi connectivity index (χ0) is 15.0. The number of carbonyl (C=O) groups excluding carboxylic acids is 1. The van der Waals surface area contributed by atoms with Gasteiger partial charge in [0.25, 0.3) is 0 Å². The maximum atomic E-state index is 11.8. The van der Waals surface area contributed by atoms with Crippen LogP contribution in [-0.2, 0) is 9.53 Å². The molecule has 0 fully saturated rings. The van der Waals surface area contributed by atoms with Gasteiger partial charge in [0.05, 0.1) is 26.2 Å². The third kappa shape index (κ3) is 4.71. The fraction of sp³-hybridized carbons (Fsp3) is 0.500. The maximum absolute atomic E-state index is 11.8. The summed E-state index contributed by atoms with van der Waals surface area (Å²) in [5.74, 6) is 1.06. The van der Waals surface area contributed by atoms with Gasteiger partial charge in [-0.1, -0.05) is 0 Å². The van der Waals surface area contributed by atoms with Gasteiger partial charge < -0.3 is 25.3 Å². The molecule has 0 saturated carbocycles. The summed E-state index contributed by atoms with van der Waals surface area (Å²) in [7, 11) is 3.09. The summed E-state index contributed by atoms with van der Waals surface area (Å²) >= 11 is 0. The molecule has 6 heteroatoms. The Kier molecular flexibility index (Phi) is 6.83. The highest BCUT2D eigenvalue weighted by molar-refractivity contribution is 5.91. The third-order valence-electron chi connectivity index (χ3n) is 2.76. The number of ether oxygens (including phenoxy) is 3. The van der Waals surface area contributed by atoms with E-state index >= 15 is 0 Å². The lowest BCUT2D eigenvalue weighted by atomic mass is 10.2. The van der Waals surface area contributed by atoms with E-state index in [1.165, 1.54) is 7.11 Å². The van der Waals surface area contributed by atoms with E-state index in [2.05, 4.69) is 5.32 Å². The van der Waals surface area contributed by atoms with Gasteiger partial charge in [0.1, 0.15) is 0 Å². The minimum absolute atomic E-state index is 0.159. The van der Waals surface area contributed by atoms with Crippen LogP contribution in [-0.4, -0.2) is 39.4 Å². The van der Waals surface area contributed by atoms with Gasteiger partial charge in [-0.25, -0.2) is 0 Å². The van der Waals surface area contributed by atoms with Gasteiger partial charge in [-0.05, 0) is 19.1 Å². The molecule has 0 aliphatic carbocycles. The van der Waals surface area contributed by atoms with E-state index in [-0.39, 0.29) is 18.4 Å². The van der Waals surface area contributed by atoms with Crippen molar-refractivity contribution in [2.24, 2.45) is 5.73 Å². The normalized spacial score (nSPS) is 11.8. The summed E-state index contributed by atoms with van der Waals surface area (Å²) in [6.07, 6.45) is -0.0673. The summed E-state index contributed by atoms with van der Waals surface area (Å²) in [4.78, 5) is 11.8. The highest BCUT2D eigenvalue weighted by atomic mass is 16.5. The summed E-state index contributed by atoms with van der Waals surface area (Å²) in [6, 6.07) is 5.23. The monoisotopic (exact) mass is 282 g/mol. The van der Waals surface area contributed by atoms with Crippen LogP contribution in [0.2, 0.25) is 0 Å². The minimum atomic E-state index is -0.278. The molecule has 0 bridgehead atoms. The number of nitrogens with one attached hydrogen (secondary N) is 1. The van der Waals surface area contributed by atoms with Crippen molar-refractivity contribution < 1.29 is 19.0 Å². The zero-order valence-electron chi connectivity index (χ0n) is 12.1. The molecular formula is C14H22N2O4. The highest BCUT2D eigenvalue weighted by Crippen LogP contribution is 2.30. The van der Waals surface area contributed by atoms with Crippen LogP contribution in [0.25, 0.3) is 0 Å². The molecule has 3 N–H and O–H groups in total. The van der Waals surface area contributed by atoms with E-state index in [9.17, 15) is 4.79 Å². The van der Waals surface area contributed by atoms with Crippen molar-refractivity contribution in [3.05, 3.63) is 18.2 Å². The van der Waals surface area contributed by atoms with Crippen LogP contribution in [0.1, 0.15) is 13.3 Å². The number of methoxy groups -OCH3 is 2. The van der Waals surface area contributed by atoms with Crippen molar-refractivity contribution in [3.63, 3.8) is 0 Å². The standard InChI is InChI=1S/C14H22N2O4/c1-4-20-12-6-5-10(7-13(12)19-3)16-14(17)8-11(9-15)18-2/h5-7,11H,4,8-9,15H2,1-3H3,(H,16,17). The SMILES string of the molecule is CCOc1ccc(NC(=O)CC(CN)OC)cc1OC. The van der Waals surface area contributed by atoms with E-state index in [4.69, 9.17) is 19.9 Å². The van der Waals surface area contributed by atoms with Crippen molar-refractivity contribution in [3.8, 4) is 11.5 Å². The number of carbonyl (C=O) groups is 1. The van der Waals surface area contributed by atoms with Crippen molar-refractivity contribution in [1.29, 1.82) is 0 Å². The number of rotatable bonds is 8. The molecule has 20 heavy (non-hydrogen) atoms. The van der Waals surface area contributed by atoms with Crippen LogP contribution in [0.4, 0.5) is 5.69 Å². The molecule has 1 amide bonds. The Balaban J connectivity index is 2.70. The van der Waals surface area contributed by atoms with Crippen molar-refractivity contribution >= 4 is 11.6 Å². The predicted molar refractivity (Wildman–Crippen MR) is 77.3 cm³/mol. The molecule has 1 rings (SSSR count). The van der Waals surface area contributed by atoms with E-state index < -0.39 is 0 Å². The van der Waals surface area contributed by atoms with E-state index in [1.807, 2.05) is 6.92 Å². The van der Waals surface area contributed by atoms with Crippen LogP contribution < -0.4 is 20.5 Å². The zero-order valence-corrected chi connectivity index (χ0v) is 12.1. The van der Waals surface area contributed by atoms with Crippen LogP contribution in [0.3, 0.4) is 0 Å². The summed E-state index contributed by atoms with van der Waals surface area (Å²) in [5.41, 5.74) is 6.12. The van der Waals surface area contributed by atoms with Gasteiger partial charge in [-0.15, -0.1) is 0 Å². The third-order valence-corrected chi connectivity index (χ3v) is 2.76. The van der Waals surface area contributed by atoms with E-state index in [0.717, 1.165) is 0 Å². The van der Waals surface area contributed by atoms with E-state index in [1.54, 1.807) is 25.3 Å². The molecule has 0 saturated heterocycles. The largest absolute Gasteiger partial charge is 0.493 e. The Morgan fingerprint density at radius 1 is 1.35 bits per heavy atom. The molecule has 0 radical (unpaired) electrons. The second-order valence-electron chi connectivity index (χ2n) is 4.14. The fourth-order valence-electron chi connectivity index (χ4n) is 1.70. The lowest BCUT2D eigenvalue weighted by Gasteiger charge is -2.14. The van der Waals surface area contributed by atoms with Gasteiger partial charge in [0.2, 0.25) is 5.91 Å². The Labute approximate surface area is 119 Å². The van der Waals surface area contributed by atoms with E-state index in [0.29, 0.717) is 30.3 Å². The van der Waals surface area contributed by atoms with Gasteiger partial charge in [-0.3, -0.25) is 4.79 Å². The quantitative estimate of drug-likeness (QED) is 0.753. The first-order valence-electron chi connectivity index (χ1n) is 6.48. The maximum Gasteiger partial charge on any atom is 0.227 e. The number of hydrogen-bond acceptors (Lipinski definition) is 5. The second kappa shape index (κ2) is 8.39. The van der Waals surface area contributed by atoms with Crippen LogP contribution in [0.5, 0.6) is 11.5 Å². The molecule has 1 atom stereocenters. The van der Waals surface area contributed by atoms with Crippen molar-refractivity contribution in [2.45, 2.75) is 19.4 Å². The number of nitrogens with two attached hydrogens (primary N) is 1. The molecule has 1 aromatic rings. The number of amides is 1. The first-order valence-corrected chi connectivity index (χ1v) is 6.48.